The number of rotatable bonds is 5. The van der Waals surface area contributed by atoms with Gasteiger partial charge in [0.05, 0.1) is 5.92 Å². The minimum atomic E-state index is -0.0322. The van der Waals surface area contributed by atoms with Crippen molar-refractivity contribution in [2.24, 2.45) is 5.92 Å². The van der Waals surface area contributed by atoms with Gasteiger partial charge in [-0.3, -0.25) is 4.79 Å². The summed E-state index contributed by atoms with van der Waals surface area (Å²) >= 11 is 6.11. The fourth-order valence-corrected chi connectivity index (χ4v) is 3.96. The molecule has 3 aromatic rings. The number of amides is 1. The number of aryl methyl sites for hydroxylation is 1. The van der Waals surface area contributed by atoms with E-state index in [1.165, 1.54) is 0 Å². The number of carbonyl (C=O) groups is 1. The number of hydrogen-bond acceptors (Lipinski definition) is 4. The monoisotopic (exact) mass is 397 g/mol. The van der Waals surface area contributed by atoms with Crippen molar-refractivity contribution in [3.8, 4) is 0 Å². The van der Waals surface area contributed by atoms with Crippen molar-refractivity contribution >= 4 is 34.4 Å². The average Bonchev–Trinajstić information content (AvgIpc) is 3.10. The number of H-pyrrole nitrogens is 1. The van der Waals surface area contributed by atoms with Gasteiger partial charge in [0.25, 0.3) is 0 Å². The Morgan fingerprint density at radius 3 is 3.14 bits per heavy atom. The van der Waals surface area contributed by atoms with Gasteiger partial charge >= 0.3 is 0 Å². The van der Waals surface area contributed by atoms with Crippen LogP contribution in [-0.4, -0.2) is 40.5 Å². The summed E-state index contributed by atoms with van der Waals surface area (Å²) in [6, 6.07) is 7.70. The molecule has 1 aromatic carbocycles. The molecule has 6 nitrogen and oxygen atoms in total. The van der Waals surface area contributed by atoms with Crippen LogP contribution in [0, 0.1) is 12.8 Å². The van der Waals surface area contributed by atoms with Crippen LogP contribution in [-0.2, 0) is 11.2 Å². The summed E-state index contributed by atoms with van der Waals surface area (Å²) in [6.07, 6.45) is 6.40. The highest BCUT2D eigenvalue weighted by atomic mass is 35.5. The summed E-state index contributed by atoms with van der Waals surface area (Å²) < 4.78 is 0. The second-order valence-electron chi connectivity index (χ2n) is 7.33. The Balaban J connectivity index is 1.33. The fraction of sp³-hybridized carbons (Fsp3) is 0.381. The number of aromatic amines is 1. The molecule has 2 aromatic heterocycles. The normalized spacial score (nSPS) is 17.1. The molecule has 1 atom stereocenters. The van der Waals surface area contributed by atoms with Crippen molar-refractivity contribution in [3.05, 3.63) is 52.9 Å². The number of halogens is 1. The van der Waals surface area contributed by atoms with Crippen LogP contribution in [0.1, 0.15) is 24.1 Å². The zero-order chi connectivity index (χ0) is 19.5. The maximum atomic E-state index is 12.7. The van der Waals surface area contributed by atoms with Crippen LogP contribution in [0.25, 0.3) is 10.9 Å². The maximum Gasteiger partial charge on any atom is 0.225 e. The van der Waals surface area contributed by atoms with E-state index in [1.807, 2.05) is 37.4 Å². The SMILES string of the molecule is Cc1ccnc(N2CCCC(C(=O)NCCc3c[nH]c4ccc(Cl)cc34)C2)n1. The maximum absolute atomic E-state index is 12.7. The molecule has 1 unspecified atom stereocenters. The molecule has 1 saturated heterocycles. The number of benzene rings is 1. The molecule has 0 bridgehead atoms. The summed E-state index contributed by atoms with van der Waals surface area (Å²) in [6.45, 7) is 4.12. The van der Waals surface area contributed by atoms with Gasteiger partial charge in [-0.15, -0.1) is 0 Å². The number of piperidine rings is 1. The molecule has 4 rings (SSSR count). The Labute approximate surface area is 169 Å². The number of anilines is 1. The first-order chi connectivity index (χ1) is 13.6. The summed E-state index contributed by atoms with van der Waals surface area (Å²) in [7, 11) is 0. The highest BCUT2D eigenvalue weighted by Gasteiger charge is 2.27. The third-order valence-electron chi connectivity index (χ3n) is 5.28. The van der Waals surface area contributed by atoms with Gasteiger partial charge in [-0.05, 0) is 56.0 Å². The largest absolute Gasteiger partial charge is 0.361 e. The predicted octanol–water partition coefficient (Wildman–Crippen LogP) is 3.50. The summed E-state index contributed by atoms with van der Waals surface area (Å²) in [5.74, 6) is 0.790. The zero-order valence-corrected chi connectivity index (χ0v) is 16.7. The van der Waals surface area contributed by atoms with E-state index in [1.54, 1.807) is 6.20 Å². The van der Waals surface area contributed by atoms with Crippen molar-refractivity contribution < 1.29 is 4.79 Å². The van der Waals surface area contributed by atoms with Gasteiger partial charge in [0.1, 0.15) is 0 Å². The summed E-state index contributed by atoms with van der Waals surface area (Å²) in [4.78, 5) is 26.9. The number of hydrogen-bond donors (Lipinski definition) is 2. The molecule has 1 amide bonds. The van der Waals surface area contributed by atoms with Crippen molar-refractivity contribution in [1.82, 2.24) is 20.3 Å². The first-order valence-corrected chi connectivity index (χ1v) is 10.1. The lowest BCUT2D eigenvalue weighted by atomic mass is 9.97. The van der Waals surface area contributed by atoms with Crippen LogP contribution < -0.4 is 10.2 Å². The first-order valence-electron chi connectivity index (χ1n) is 9.68. The molecule has 7 heteroatoms. The highest BCUT2D eigenvalue weighted by Crippen LogP contribution is 2.23. The van der Waals surface area contributed by atoms with E-state index in [2.05, 4.69) is 25.2 Å². The molecular formula is C21H24ClN5O. The lowest BCUT2D eigenvalue weighted by Gasteiger charge is -2.32. The van der Waals surface area contributed by atoms with E-state index in [-0.39, 0.29) is 11.8 Å². The Morgan fingerprint density at radius 1 is 1.39 bits per heavy atom. The predicted molar refractivity (Wildman–Crippen MR) is 112 cm³/mol. The molecule has 0 aliphatic carbocycles. The number of aromatic nitrogens is 3. The molecule has 146 valence electrons. The van der Waals surface area contributed by atoms with Gasteiger partial charge in [-0.1, -0.05) is 11.6 Å². The van der Waals surface area contributed by atoms with E-state index in [0.717, 1.165) is 53.0 Å². The summed E-state index contributed by atoms with van der Waals surface area (Å²) in [5, 5.41) is 4.93. The minimum Gasteiger partial charge on any atom is -0.361 e. The second-order valence-corrected chi connectivity index (χ2v) is 7.76. The average molecular weight is 398 g/mol. The third kappa shape index (κ3) is 4.12. The van der Waals surface area contributed by atoms with Crippen LogP contribution in [0.5, 0.6) is 0 Å². The van der Waals surface area contributed by atoms with E-state index < -0.39 is 0 Å². The number of fused-ring (bicyclic) bond motifs is 1. The van der Waals surface area contributed by atoms with Crippen LogP contribution >= 0.6 is 11.6 Å². The van der Waals surface area contributed by atoms with E-state index in [9.17, 15) is 4.79 Å². The van der Waals surface area contributed by atoms with Gasteiger partial charge < -0.3 is 15.2 Å². The molecule has 0 spiro atoms. The Hall–Kier alpha value is -2.60. The van der Waals surface area contributed by atoms with E-state index in [0.29, 0.717) is 19.0 Å². The van der Waals surface area contributed by atoms with Gasteiger partial charge in [0.15, 0.2) is 0 Å². The molecule has 0 saturated carbocycles. The quantitative estimate of drug-likeness (QED) is 0.691. The Bertz CT molecular complexity index is 986. The smallest absolute Gasteiger partial charge is 0.225 e. The minimum absolute atomic E-state index is 0.0322. The van der Waals surface area contributed by atoms with E-state index >= 15 is 0 Å². The standard InChI is InChI=1S/C21H24ClN5O/c1-14-6-8-24-21(26-14)27-10-2-3-16(13-27)20(28)23-9-7-15-12-25-19-5-4-17(22)11-18(15)19/h4-6,8,11-12,16,25H,2-3,7,9-10,13H2,1H3,(H,23,28). The third-order valence-corrected chi connectivity index (χ3v) is 5.52. The van der Waals surface area contributed by atoms with Crippen LogP contribution in [0.2, 0.25) is 5.02 Å². The van der Waals surface area contributed by atoms with Crippen LogP contribution in [0.15, 0.2) is 36.7 Å². The molecule has 0 radical (unpaired) electrons. The van der Waals surface area contributed by atoms with Gasteiger partial charge in [0.2, 0.25) is 11.9 Å². The van der Waals surface area contributed by atoms with Gasteiger partial charge in [-0.2, -0.15) is 0 Å². The number of nitrogens with one attached hydrogen (secondary N) is 2. The molecule has 1 aliphatic heterocycles. The molecule has 1 fully saturated rings. The lowest BCUT2D eigenvalue weighted by Crippen LogP contribution is -2.44. The zero-order valence-electron chi connectivity index (χ0n) is 15.9. The molecular weight excluding hydrogens is 374 g/mol. The van der Waals surface area contributed by atoms with Crippen LogP contribution in [0.4, 0.5) is 5.95 Å². The van der Waals surface area contributed by atoms with Gasteiger partial charge in [0, 0.05) is 53.6 Å². The van der Waals surface area contributed by atoms with Crippen molar-refractivity contribution in [2.75, 3.05) is 24.5 Å². The van der Waals surface area contributed by atoms with Crippen molar-refractivity contribution in [2.45, 2.75) is 26.2 Å². The Kier molecular flexibility index (Phi) is 5.48. The highest BCUT2D eigenvalue weighted by molar-refractivity contribution is 6.31. The van der Waals surface area contributed by atoms with E-state index in [4.69, 9.17) is 11.6 Å². The van der Waals surface area contributed by atoms with Crippen molar-refractivity contribution in [1.29, 1.82) is 0 Å². The second kappa shape index (κ2) is 8.19. The van der Waals surface area contributed by atoms with Crippen LogP contribution in [0.3, 0.4) is 0 Å². The number of nitrogens with zero attached hydrogens (tertiary/aromatic N) is 3. The first kappa shape index (κ1) is 18.7. The molecule has 1 aliphatic rings. The number of carbonyl (C=O) groups excluding carboxylic acids is 1. The van der Waals surface area contributed by atoms with Crippen molar-refractivity contribution in [3.63, 3.8) is 0 Å². The molecule has 3 heterocycles. The lowest BCUT2D eigenvalue weighted by molar-refractivity contribution is -0.125. The topological polar surface area (TPSA) is 73.9 Å². The summed E-state index contributed by atoms with van der Waals surface area (Å²) in [5.41, 5.74) is 3.17. The Morgan fingerprint density at radius 2 is 2.29 bits per heavy atom. The molecule has 2 N–H and O–H groups in total. The molecule has 28 heavy (non-hydrogen) atoms. The van der Waals surface area contributed by atoms with Gasteiger partial charge in [-0.25, -0.2) is 9.97 Å². The fourth-order valence-electron chi connectivity index (χ4n) is 3.78.